The molecule has 0 bridgehead atoms. The maximum atomic E-state index is 12.4. The van der Waals surface area contributed by atoms with E-state index in [1.165, 1.54) is 0 Å². The molecule has 142 valence electrons. The van der Waals surface area contributed by atoms with E-state index >= 15 is 0 Å². The lowest BCUT2D eigenvalue weighted by atomic mass is 10.1. The molecule has 0 saturated carbocycles. The predicted octanol–water partition coefficient (Wildman–Crippen LogP) is 3.26. The standard InChI is InChI=1S/C20H24N4O3/c1-12(2)18(25)23-16-10-6-15(7-11-16)19(26)22-13(3)14-4-8-17(9-5-14)24-20(21)27/h4-13H,1-3H3,(H,22,26)(H,23,25)(H3,21,24,27). The van der Waals surface area contributed by atoms with Gasteiger partial charge in [0.1, 0.15) is 0 Å². The summed E-state index contributed by atoms with van der Waals surface area (Å²) >= 11 is 0. The summed E-state index contributed by atoms with van der Waals surface area (Å²) in [6.45, 7) is 5.50. The SMILES string of the molecule is CC(C)C(=O)Nc1ccc(C(=O)NC(C)c2ccc(NC(N)=O)cc2)cc1. The van der Waals surface area contributed by atoms with E-state index in [9.17, 15) is 14.4 Å². The first kappa shape index (κ1) is 20.0. The summed E-state index contributed by atoms with van der Waals surface area (Å²) in [6.07, 6.45) is 0. The Bertz CT molecular complexity index is 814. The summed E-state index contributed by atoms with van der Waals surface area (Å²) in [5.41, 5.74) is 7.69. The number of primary amides is 1. The molecule has 0 heterocycles. The third-order valence-electron chi connectivity index (χ3n) is 3.96. The van der Waals surface area contributed by atoms with Crippen molar-refractivity contribution < 1.29 is 14.4 Å². The van der Waals surface area contributed by atoms with Gasteiger partial charge in [-0.15, -0.1) is 0 Å². The van der Waals surface area contributed by atoms with E-state index in [-0.39, 0.29) is 23.8 Å². The van der Waals surface area contributed by atoms with Crippen LogP contribution in [0, 0.1) is 5.92 Å². The van der Waals surface area contributed by atoms with Crippen LogP contribution in [-0.4, -0.2) is 17.8 Å². The molecule has 0 aliphatic rings. The number of nitrogens with one attached hydrogen (secondary N) is 3. The van der Waals surface area contributed by atoms with Gasteiger partial charge >= 0.3 is 6.03 Å². The Balaban J connectivity index is 1.97. The minimum Gasteiger partial charge on any atom is -0.351 e. The first-order valence-corrected chi connectivity index (χ1v) is 8.64. The van der Waals surface area contributed by atoms with Crippen molar-refractivity contribution in [3.05, 3.63) is 59.7 Å². The molecule has 7 nitrogen and oxygen atoms in total. The van der Waals surface area contributed by atoms with Crippen molar-refractivity contribution in [2.24, 2.45) is 11.7 Å². The third-order valence-corrected chi connectivity index (χ3v) is 3.96. The van der Waals surface area contributed by atoms with Gasteiger partial charge < -0.3 is 21.7 Å². The number of amides is 4. The number of anilines is 2. The molecule has 7 heteroatoms. The normalized spacial score (nSPS) is 11.6. The molecule has 0 aromatic heterocycles. The smallest absolute Gasteiger partial charge is 0.316 e. The number of urea groups is 1. The van der Waals surface area contributed by atoms with E-state index in [1.54, 1.807) is 48.5 Å². The zero-order chi connectivity index (χ0) is 20.0. The number of hydrogen-bond donors (Lipinski definition) is 4. The second-order valence-corrected chi connectivity index (χ2v) is 6.53. The fraction of sp³-hybridized carbons (Fsp3) is 0.250. The Hall–Kier alpha value is -3.35. The molecule has 1 atom stereocenters. The number of nitrogens with two attached hydrogens (primary N) is 1. The van der Waals surface area contributed by atoms with Crippen molar-refractivity contribution in [3.8, 4) is 0 Å². The van der Waals surface area contributed by atoms with Gasteiger partial charge in [0.15, 0.2) is 0 Å². The Morgan fingerprint density at radius 1 is 0.815 bits per heavy atom. The van der Waals surface area contributed by atoms with Gasteiger partial charge in [0, 0.05) is 22.9 Å². The van der Waals surface area contributed by atoms with Crippen LogP contribution in [0.1, 0.15) is 42.7 Å². The first-order chi connectivity index (χ1) is 12.8. The van der Waals surface area contributed by atoms with E-state index in [4.69, 9.17) is 5.73 Å². The number of hydrogen-bond acceptors (Lipinski definition) is 3. The van der Waals surface area contributed by atoms with Crippen molar-refractivity contribution in [2.75, 3.05) is 10.6 Å². The Labute approximate surface area is 158 Å². The summed E-state index contributed by atoms with van der Waals surface area (Å²) in [5, 5.41) is 8.18. The molecule has 2 aromatic rings. The maximum absolute atomic E-state index is 12.4. The lowest BCUT2D eigenvalue weighted by Crippen LogP contribution is -2.26. The quantitative estimate of drug-likeness (QED) is 0.627. The summed E-state index contributed by atoms with van der Waals surface area (Å²) in [5.74, 6) is -0.406. The van der Waals surface area contributed by atoms with Gasteiger partial charge in [0.25, 0.3) is 5.91 Å². The lowest BCUT2D eigenvalue weighted by molar-refractivity contribution is -0.118. The van der Waals surface area contributed by atoms with Gasteiger partial charge in [0.2, 0.25) is 5.91 Å². The number of benzene rings is 2. The molecule has 5 N–H and O–H groups in total. The van der Waals surface area contributed by atoms with Crippen molar-refractivity contribution in [3.63, 3.8) is 0 Å². The molecule has 0 aliphatic carbocycles. The van der Waals surface area contributed by atoms with Gasteiger partial charge in [0.05, 0.1) is 6.04 Å². The molecule has 0 spiro atoms. The van der Waals surface area contributed by atoms with Crippen LogP contribution in [0.5, 0.6) is 0 Å². The summed E-state index contributed by atoms with van der Waals surface area (Å²) in [6, 6.07) is 12.9. The number of rotatable bonds is 6. The Morgan fingerprint density at radius 2 is 1.33 bits per heavy atom. The fourth-order valence-corrected chi connectivity index (χ4v) is 2.35. The highest BCUT2D eigenvalue weighted by atomic mass is 16.2. The van der Waals surface area contributed by atoms with Gasteiger partial charge in [-0.3, -0.25) is 9.59 Å². The molecule has 4 amide bonds. The van der Waals surface area contributed by atoms with E-state index in [2.05, 4.69) is 16.0 Å². The molecular formula is C20H24N4O3. The number of carbonyl (C=O) groups excluding carboxylic acids is 3. The van der Waals surface area contributed by atoms with Crippen LogP contribution in [0.25, 0.3) is 0 Å². The zero-order valence-electron chi connectivity index (χ0n) is 15.6. The van der Waals surface area contributed by atoms with Crippen LogP contribution in [-0.2, 0) is 4.79 Å². The van der Waals surface area contributed by atoms with Crippen LogP contribution in [0.15, 0.2) is 48.5 Å². The molecule has 0 fully saturated rings. The topological polar surface area (TPSA) is 113 Å². The first-order valence-electron chi connectivity index (χ1n) is 8.64. The molecule has 27 heavy (non-hydrogen) atoms. The lowest BCUT2D eigenvalue weighted by Gasteiger charge is -2.15. The van der Waals surface area contributed by atoms with Gasteiger partial charge in [-0.05, 0) is 48.9 Å². The summed E-state index contributed by atoms with van der Waals surface area (Å²) in [7, 11) is 0. The third kappa shape index (κ3) is 5.85. The van der Waals surface area contributed by atoms with Crippen molar-refractivity contribution in [1.82, 2.24) is 5.32 Å². The van der Waals surface area contributed by atoms with Crippen molar-refractivity contribution in [2.45, 2.75) is 26.8 Å². The summed E-state index contributed by atoms with van der Waals surface area (Å²) < 4.78 is 0. The van der Waals surface area contributed by atoms with Crippen LogP contribution in [0.4, 0.5) is 16.2 Å². The van der Waals surface area contributed by atoms with Crippen LogP contribution >= 0.6 is 0 Å². The monoisotopic (exact) mass is 368 g/mol. The summed E-state index contributed by atoms with van der Waals surface area (Å²) in [4.78, 5) is 34.9. The molecule has 0 radical (unpaired) electrons. The van der Waals surface area contributed by atoms with Crippen molar-refractivity contribution >= 4 is 29.2 Å². The van der Waals surface area contributed by atoms with Crippen LogP contribution in [0.2, 0.25) is 0 Å². The largest absolute Gasteiger partial charge is 0.351 e. The molecule has 2 aromatic carbocycles. The minimum absolute atomic E-state index is 0.0740. The molecule has 1 unspecified atom stereocenters. The van der Waals surface area contributed by atoms with Gasteiger partial charge in [-0.25, -0.2) is 4.79 Å². The Morgan fingerprint density at radius 3 is 1.85 bits per heavy atom. The highest BCUT2D eigenvalue weighted by Gasteiger charge is 2.12. The van der Waals surface area contributed by atoms with Crippen molar-refractivity contribution in [1.29, 1.82) is 0 Å². The number of carbonyl (C=O) groups is 3. The van der Waals surface area contributed by atoms with Gasteiger partial charge in [-0.1, -0.05) is 26.0 Å². The van der Waals surface area contributed by atoms with E-state index in [1.807, 2.05) is 20.8 Å². The predicted molar refractivity (Wildman–Crippen MR) is 105 cm³/mol. The highest BCUT2D eigenvalue weighted by Crippen LogP contribution is 2.17. The Kier molecular flexibility index (Phi) is 6.54. The molecule has 0 saturated heterocycles. The fourth-order valence-electron chi connectivity index (χ4n) is 2.35. The highest BCUT2D eigenvalue weighted by molar-refractivity contribution is 5.96. The molecular weight excluding hydrogens is 344 g/mol. The maximum Gasteiger partial charge on any atom is 0.316 e. The van der Waals surface area contributed by atoms with Gasteiger partial charge in [-0.2, -0.15) is 0 Å². The second kappa shape index (κ2) is 8.84. The zero-order valence-corrected chi connectivity index (χ0v) is 15.6. The van der Waals surface area contributed by atoms with E-state index in [0.29, 0.717) is 16.9 Å². The molecule has 2 rings (SSSR count). The average molecular weight is 368 g/mol. The minimum atomic E-state index is -0.628. The van der Waals surface area contributed by atoms with Crippen LogP contribution < -0.4 is 21.7 Å². The second-order valence-electron chi connectivity index (χ2n) is 6.53. The average Bonchev–Trinajstić information content (AvgIpc) is 2.62. The van der Waals surface area contributed by atoms with E-state index in [0.717, 1.165) is 5.56 Å². The van der Waals surface area contributed by atoms with E-state index < -0.39 is 6.03 Å². The molecule has 0 aliphatic heterocycles. The van der Waals surface area contributed by atoms with Crippen LogP contribution in [0.3, 0.4) is 0 Å².